The van der Waals surface area contributed by atoms with Crippen molar-refractivity contribution < 1.29 is 18.0 Å². The number of fused-ring (bicyclic) bond motifs is 1. The first-order valence-electron chi connectivity index (χ1n) is 16.8. The highest BCUT2D eigenvalue weighted by atomic mass is 32.2. The van der Waals surface area contributed by atoms with Crippen LogP contribution in [0, 0.1) is 18.8 Å². The molecule has 1 heterocycles. The standard InChI is InChI=1S/C38H42N6O5S/c1-24-10-16-31(50(48,49)40-23-26-6-3-2-4-7-26)21-32(24)29-9-5-8-27(18-29)19-35(42-36(45)28-13-11-25(22-39)12-14-28)37(46)41-30-15-17-33-34(20-30)44-38(47)43-33/h2-10,15-18,20-21,25,28,35,40H,11-14,19,22-23,39H2,1H3,(H,41,46)(H,42,45)(H2,43,44,47)/t25?,28?,35-/m0/s1. The molecular weight excluding hydrogens is 653 g/mol. The van der Waals surface area contributed by atoms with E-state index in [2.05, 4.69) is 25.3 Å². The number of aryl methyl sites for hydroxylation is 1. The van der Waals surface area contributed by atoms with Crippen LogP contribution in [0.2, 0.25) is 0 Å². The van der Waals surface area contributed by atoms with Gasteiger partial charge >= 0.3 is 5.69 Å². The number of nitrogens with two attached hydrogens (primary N) is 1. The van der Waals surface area contributed by atoms with Gasteiger partial charge < -0.3 is 26.3 Å². The number of sulfonamides is 1. The number of hydrogen-bond donors (Lipinski definition) is 6. The van der Waals surface area contributed by atoms with Crippen molar-refractivity contribution in [2.24, 2.45) is 17.6 Å². The fourth-order valence-electron chi connectivity index (χ4n) is 6.54. The van der Waals surface area contributed by atoms with E-state index in [-0.39, 0.29) is 35.4 Å². The topological polar surface area (TPSA) is 179 Å². The van der Waals surface area contributed by atoms with Crippen LogP contribution in [0.15, 0.2) is 101 Å². The molecule has 7 N–H and O–H groups in total. The van der Waals surface area contributed by atoms with Crippen molar-refractivity contribution in [3.63, 3.8) is 0 Å². The van der Waals surface area contributed by atoms with Crippen LogP contribution in [0.5, 0.6) is 0 Å². The summed E-state index contributed by atoms with van der Waals surface area (Å²) in [6, 6.07) is 26.1. The Balaban J connectivity index is 1.23. The van der Waals surface area contributed by atoms with Crippen LogP contribution in [0.3, 0.4) is 0 Å². The summed E-state index contributed by atoms with van der Waals surface area (Å²) < 4.78 is 29.2. The summed E-state index contributed by atoms with van der Waals surface area (Å²) in [5.41, 5.74) is 11.2. The summed E-state index contributed by atoms with van der Waals surface area (Å²) in [6.45, 7) is 2.69. The minimum atomic E-state index is -3.80. The van der Waals surface area contributed by atoms with Crippen molar-refractivity contribution in [3.8, 4) is 11.1 Å². The van der Waals surface area contributed by atoms with Crippen LogP contribution in [-0.2, 0) is 32.6 Å². The van der Waals surface area contributed by atoms with Crippen LogP contribution < -0.4 is 26.8 Å². The highest BCUT2D eigenvalue weighted by molar-refractivity contribution is 7.89. The van der Waals surface area contributed by atoms with Gasteiger partial charge in [-0.05, 0) is 103 Å². The minimum absolute atomic E-state index is 0.147. The number of aromatic nitrogens is 2. The molecule has 4 aromatic carbocycles. The molecule has 1 saturated carbocycles. The van der Waals surface area contributed by atoms with Crippen molar-refractivity contribution in [1.82, 2.24) is 20.0 Å². The molecule has 11 nitrogen and oxygen atoms in total. The molecule has 1 aliphatic rings. The largest absolute Gasteiger partial charge is 0.344 e. The molecule has 0 radical (unpaired) electrons. The maximum atomic E-state index is 13.8. The molecule has 50 heavy (non-hydrogen) atoms. The van der Waals surface area contributed by atoms with Gasteiger partial charge in [-0.15, -0.1) is 0 Å². The molecule has 1 atom stereocenters. The van der Waals surface area contributed by atoms with E-state index in [4.69, 9.17) is 5.73 Å². The van der Waals surface area contributed by atoms with E-state index in [9.17, 15) is 22.8 Å². The first-order valence-corrected chi connectivity index (χ1v) is 18.3. The molecule has 1 aromatic heterocycles. The third kappa shape index (κ3) is 8.39. The Labute approximate surface area is 291 Å². The van der Waals surface area contributed by atoms with Gasteiger partial charge in [0.2, 0.25) is 21.8 Å². The number of rotatable bonds is 12. The van der Waals surface area contributed by atoms with E-state index < -0.39 is 22.0 Å². The number of benzene rings is 4. The molecule has 0 spiro atoms. The first-order chi connectivity index (χ1) is 24.1. The molecule has 0 saturated heterocycles. The Morgan fingerprint density at radius 2 is 1.60 bits per heavy atom. The van der Waals surface area contributed by atoms with E-state index in [1.54, 1.807) is 36.4 Å². The lowest BCUT2D eigenvalue weighted by atomic mass is 9.81. The van der Waals surface area contributed by atoms with Gasteiger partial charge in [-0.2, -0.15) is 0 Å². The third-order valence-corrected chi connectivity index (χ3v) is 10.9. The second-order valence-corrected chi connectivity index (χ2v) is 14.8. The summed E-state index contributed by atoms with van der Waals surface area (Å²) in [5.74, 6) is -0.361. The number of anilines is 1. The van der Waals surface area contributed by atoms with Gasteiger partial charge in [0.05, 0.1) is 15.9 Å². The summed E-state index contributed by atoms with van der Waals surface area (Å²) >= 11 is 0. The number of carbonyl (C=O) groups excluding carboxylic acids is 2. The van der Waals surface area contributed by atoms with Crippen LogP contribution in [-0.4, -0.2) is 42.8 Å². The zero-order valence-electron chi connectivity index (χ0n) is 27.9. The van der Waals surface area contributed by atoms with Gasteiger partial charge in [0.15, 0.2) is 0 Å². The van der Waals surface area contributed by atoms with Gasteiger partial charge in [-0.1, -0.05) is 60.7 Å². The number of imidazole rings is 1. The van der Waals surface area contributed by atoms with Gasteiger partial charge in [0, 0.05) is 24.6 Å². The Hall–Kier alpha value is -5.04. The number of H-pyrrole nitrogens is 2. The first kappa shape index (κ1) is 34.8. The molecule has 6 rings (SSSR count). The van der Waals surface area contributed by atoms with Crippen molar-refractivity contribution >= 4 is 38.6 Å². The van der Waals surface area contributed by atoms with Gasteiger partial charge in [-0.25, -0.2) is 17.9 Å². The number of nitrogens with one attached hydrogen (secondary N) is 5. The molecule has 1 fully saturated rings. The molecule has 0 aliphatic heterocycles. The number of hydrogen-bond acceptors (Lipinski definition) is 6. The molecule has 260 valence electrons. The van der Waals surface area contributed by atoms with Gasteiger partial charge in [0.25, 0.3) is 0 Å². The quantitative estimate of drug-likeness (QED) is 0.110. The average Bonchev–Trinajstić information content (AvgIpc) is 3.50. The Kier molecular flexibility index (Phi) is 10.6. The van der Waals surface area contributed by atoms with Crippen LogP contribution in [0.25, 0.3) is 22.2 Å². The Morgan fingerprint density at radius 3 is 2.36 bits per heavy atom. The average molecular weight is 695 g/mol. The molecule has 12 heteroatoms. The Morgan fingerprint density at radius 1 is 0.860 bits per heavy atom. The summed E-state index contributed by atoms with van der Waals surface area (Å²) in [4.78, 5) is 44.6. The zero-order chi connectivity index (χ0) is 35.3. The fraction of sp³-hybridized carbons (Fsp3) is 0.289. The summed E-state index contributed by atoms with van der Waals surface area (Å²) in [7, 11) is -3.80. The lowest BCUT2D eigenvalue weighted by Gasteiger charge is -2.28. The van der Waals surface area contributed by atoms with Crippen molar-refractivity contribution in [1.29, 1.82) is 0 Å². The summed E-state index contributed by atoms with van der Waals surface area (Å²) in [6.07, 6.45) is 3.38. The van der Waals surface area contributed by atoms with Crippen LogP contribution in [0.1, 0.15) is 42.4 Å². The smallest absolute Gasteiger partial charge is 0.323 e. The molecular formula is C38H42N6O5S. The number of amides is 2. The molecule has 0 bridgehead atoms. The second-order valence-electron chi connectivity index (χ2n) is 13.0. The monoisotopic (exact) mass is 694 g/mol. The molecule has 2 amide bonds. The SMILES string of the molecule is Cc1ccc(S(=O)(=O)NCc2ccccc2)cc1-c1cccc(C[C@H](NC(=O)C2CCC(CN)CC2)C(=O)Nc2ccc3[nH]c(=O)[nH]c3c2)c1. The summed E-state index contributed by atoms with van der Waals surface area (Å²) in [5, 5.41) is 5.93. The molecule has 0 unspecified atom stereocenters. The normalized spacial score (nSPS) is 16.9. The van der Waals surface area contributed by atoms with Gasteiger partial charge in [0.1, 0.15) is 6.04 Å². The fourth-order valence-corrected chi connectivity index (χ4v) is 7.58. The van der Waals surface area contributed by atoms with E-state index in [0.29, 0.717) is 42.0 Å². The lowest BCUT2D eigenvalue weighted by Crippen LogP contribution is -2.48. The highest BCUT2D eigenvalue weighted by Gasteiger charge is 2.29. The lowest BCUT2D eigenvalue weighted by molar-refractivity contribution is -0.130. The predicted octanol–water partition coefficient (Wildman–Crippen LogP) is 4.74. The van der Waals surface area contributed by atoms with Crippen molar-refractivity contribution in [3.05, 3.63) is 118 Å². The minimum Gasteiger partial charge on any atom is -0.344 e. The van der Waals surface area contributed by atoms with Crippen LogP contribution in [0.4, 0.5) is 5.69 Å². The number of carbonyl (C=O) groups is 2. The maximum Gasteiger partial charge on any atom is 0.323 e. The third-order valence-electron chi connectivity index (χ3n) is 9.47. The second kappa shape index (κ2) is 15.2. The number of aromatic amines is 2. The van der Waals surface area contributed by atoms with E-state index in [1.165, 1.54) is 0 Å². The van der Waals surface area contributed by atoms with Crippen LogP contribution >= 0.6 is 0 Å². The van der Waals surface area contributed by atoms with E-state index in [1.807, 2.05) is 61.5 Å². The van der Waals surface area contributed by atoms with Gasteiger partial charge in [-0.3, -0.25) is 9.59 Å². The van der Waals surface area contributed by atoms with Crippen molar-refractivity contribution in [2.75, 3.05) is 11.9 Å². The maximum absolute atomic E-state index is 13.8. The molecule has 1 aliphatic carbocycles. The van der Waals surface area contributed by atoms with E-state index in [0.717, 1.165) is 40.7 Å². The molecule has 5 aromatic rings. The zero-order valence-corrected chi connectivity index (χ0v) is 28.7. The van der Waals surface area contributed by atoms with E-state index >= 15 is 0 Å². The highest BCUT2D eigenvalue weighted by Crippen LogP contribution is 2.30. The van der Waals surface area contributed by atoms with Crippen molar-refractivity contribution in [2.45, 2.75) is 56.5 Å². The Bertz CT molecular complexity index is 2150. The predicted molar refractivity (Wildman–Crippen MR) is 195 cm³/mol.